The molecule has 2 bridgehead atoms. The molecule has 1 aromatic carbocycles. The second-order valence-corrected chi connectivity index (χ2v) is 11.3. The number of halogens is 1. The van der Waals surface area contributed by atoms with Crippen LogP contribution in [0.25, 0.3) is 0 Å². The summed E-state index contributed by atoms with van der Waals surface area (Å²) in [5.74, 6) is 0.937. The average Bonchev–Trinajstić information content (AvgIpc) is 3.38. The minimum atomic E-state index is -3.36. The highest BCUT2D eigenvalue weighted by Crippen LogP contribution is 2.41. The summed E-state index contributed by atoms with van der Waals surface area (Å²) >= 11 is 6.29. The number of carbonyl (C=O) groups is 1. The zero-order valence-corrected chi connectivity index (χ0v) is 19.9. The lowest BCUT2D eigenvalue weighted by atomic mass is 9.98. The van der Waals surface area contributed by atoms with E-state index >= 15 is 0 Å². The van der Waals surface area contributed by atoms with Gasteiger partial charge in [0.05, 0.1) is 27.2 Å². The Morgan fingerprint density at radius 2 is 2.00 bits per heavy atom. The molecule has 1 N–H and O–H groups in total. The number of hydrogen-bond acceptors (Lipinski definition) is 8. The molecule has 3 aliphatic rings. The molecule has 2 saturated heterocycles. The lowest BCUT2D eigenvalue weighted by Gasteiger charge is -2.24. The number of nitrogens with zero attached hydrogens (tertiary/aromatic N) is 3. The van der Waals surface area contributed by atoms with E-state index in [0.29, 0.717) is 22.9 Å². The van der Waals surface area contributed by atoms with Gasteiger partial charge in [0.15, 0.2) is 9.84 Å². The minimum absolute atomic E-state index is 0.0231. The van der Waals surface area contributed by atoms with Gasteiger partial charge in [0.2, 0.25) is 5.88 Å². The van der Waals surface area contributed by atoms with E-state index in [0.717, 1.165) is 38.4 Å². The van der Waals surface area contributed by atoms with E-state index in [1.54, 1.807) is 6.07 Å². The van der Waals surface area contributed by atoms with Crippen molar-refractivity contribution < 1.29 is 22.7 Å². The van der Waals surface area contributed by atoms with Crippen LogP contribution in [0.3, 0.4) is 0 Å². The van der Waals surface area contributed by atoms with Gasteiger partial charge in [0.25, 0.3) is 0 Å². The van der Waals surface area contributed by atoms with Crippen molar-refractivity contribution in [1.82, 2.24) is 14.9 Å². The molecule has 3 atom stereocenters. The number of aromatic nitrogens is 2. The van der Waals surface area contributed by atoms with Crippen molar-refractivity contribution in [3.05, 3.63) is 35.1 Å². The van der Waals surface area contributed by atoms with E-state index in [2.05, 4.69) is 15.3 Å². The van der Waals surface area contributed by atoms with E-state index in [1.807, 2.05) is 11.8 Å². The lowest BCUT2D eigenvalue weighted by Crippen LogP contribution is -2.40. The summed E-state index contributed by atoms with van der Waals surface area (Å²) in [6.45, 7) is 1.84. The number of nitrogens with one attached hydrogen (secondary N) is 1. The zero-order chi connectivity index (χ0) is 23.3. The summed E-state index contributed by atoms with van der Waals surface area (Å²) in [6.07, 6.45) is 6.70. The van der Waals surface area contributed by atoms with Crippen LogP contribution in [0.1, 0.15) is 37.7 Å². The summed E-state index contributed by atoms with van der Waals surface area (Å²) < 4.78 is 35.3. The molecule has 5 rings (SSSR count). The van der Waals surface area contributed by atoms with Gasteiger partial charge < -0.3 is 14.8 Å². The van der Waals surface area contributed by atoms with Crippen molar-refractivity contribution in [2.45, 2.75) is 68.2 Å². The first-order valence-electron chi connectivity index (χ1n) is 10.9. The van der Waals surface area contributed by atoms with Crippen LogP contribution in [-0.2, 0) is 14.6 Å². The molecule has 0 radical (unpaired) electrons. The molecule has 11 heteroatoms. The number of carbonyl (C=O) groups excluding carboxylic acids is 1. The minimum Gasteiger partial charge on any atom is -0.472 e. The second kappa shape index (κ2) is 8.32. The van der Waals surface area contributed by atoms with Crippen LogP contribution in [0, 0.1) is 6.92 Å². The maximum Gasteiger partial charge on any atom is 0.410 e. The quantitative estimate of drug-likeness (QED) is 0.647. The van der Waals surface area contributed by atoms with E-state index < -0.39 is 9.84 Å². The molecular formula is C22H25ClN4O5S. The molecule has 2 aliphatic heterocycles. The molecule has 3 heterocycles. The molecule has 2 aromatic rings. The van der Waals surface area contributed by atoms with Crippen LogP contribution in [0.2, 0.25) is 5.02 Å². The third-order valence-electron chi connectivity index (χ3n) is 6.41. The molecule has 1 aliphatic carbocycles. The molecule has 2 unspecified atom stereocenters. The highest BCUT2D eigenvalue weighted by molar-refractivity contribution is 7.90. The first-order chi connectivity index (χ1) is 15.7. The van der Waals surface area contributed by atoms with Crippen molar-refractivity contribution >= 4 is 39.0 Å². The highest BCUT2D eigenvalue weighted by atomic mass is 35.5. The number of rotatable bonds is 6. The molecule has 33 heavy (non-hydrogen) atoms. The van der Waals surface area contributed by atoms with Gasteiger partial charge in [-0.15, -0.1) is 0 Å². The van der Waals surface area contributed by atoms with Gasteiger partial charge in [0, 0.05) is 18.7 Å². The van der Waals surface area contributed by atoms with Crippen molar-refractivity contribution in [3.63, 3.8) is 0 Å². The van der Waals surface area contributed by atoms with Gasteiger partial charge in [-0.1, -0.05) is 11.6 Å². The molecule has 1 saturated carbocycles. The van der Waals surface area contributed by atoms with E-state index in [9.17, 15) is 13.2 Å². The normalized spacial score (nSPS) is 24.1. The van der Waals surface area contributed by atoms with Gasteiger partial charge >= 0.3 is 6.09 Å². The van der Waals surface area contributed by atoms with Crippen LogP contribution in [0.5, 0.6) is 5.88 Å². The summed E-state index contributed by atoms with van der Waals surface area (Å²) in [7, 11) is -3.36. The van der Waals surface area contributed by atoms with E-state index in [1.165, 1.54) is 18.5 Å². The average molecular weight is 493 g/mol. The third-order valence-corrected chi connectivity index (χ3v) is 7.83. The Kier molecular flexibility index (Phi) is 5.60. The van der Waals surface area contributed by atoms with Crippen molar-refractivity contribution in [3.8, 4) is 5.88 Å². The summed E-state index contributed by atoms with van der Waals surface area (Å²) in [4.78, 5) is 23.1. The Morgan fingerprint density at radius 3 is 2.70 bits per heavy atom. The van der Waals surface area contributed by atoms with E-state index in [4.69, 9.17) is 21.1 Å². The van der Waals surface area contributed by atoms with E-state index in [-0.39, 0.29) is 40.3 Å². The van der Waals surface area contributed by atoms with Gasteiger partial charge in [-0.25, -0.2) is 23.2 Å². The predicted molar refractivity (Wildman–Crippen MR) is 122 cm³/mol. The molecule has 1 aromatic heterocycles. The highest BCUT2D eigenvalue weighted by Gasteiger charge is 2.51. The summed E-state index contributed by atoms with van der Waals surface area (Å²) in [6, 6.07) is 4.60. The Labute approximate surface area is 197 Å². The zero-order valence-electron chi connectivity index (χ0n) is 18.3. The molecular weight excluding hydrogens is 468 g/mol. The first kappa shape index (κ1) is 22.2. The smallest absolute Gasteiger partial charge is 0.410 e. The summed E-state index contributed by atoms with van der Waals surface area (Å²) in [5.41, 5.74) is 1.21. The van der Waals surface area contributed by atoms with Crippen LogP contribution in [-0.4, -0.2) is 59.9 Å². The lowest BCUT2D eigenvalue weighted by molar-refractivity contribution is 0.0798. The Morgan fingerprint density at radius 1 is 1.21 bits per heavy atom. The number of hydrogen-bond donors (Lipinski definition) is 1. The second-order valence-electron chi connectivity index (χ2n) is 8.87. The number of benzene rings is 1. The summed E-state index contributed by atoms with van der Waals surface area (Å²) in [5, 5.41) is 3.39. The fraction of sp³-hybridized carbons (Fsp3) is 0.500. The van der Waals surface area contributed by atoms with Gasteiger partial charge in [-0.2, -0.15) is 0 Å². The molecule has 1 amide bonds. The van der Waals surface area contributed by atoms with Crippen LogP contribution < -0.4 is 10.1 Å². The predicted octanol–water partition coefficient (Wildman–Crippen LogP) is 3.87. The number of fused-ring (bicyclic) bond motifs is 2. The van der Waals surface area contributed by atoms with Crippen molar-refractivity contribution in [2.75, 3.05) is 11.6 Å². The molecule has 9 nitrogen and oxygen atoms in total. The number of ether oxygens (including phenoxy) is 2. The van der Waals surface area contributed by atoms with Crippen LogP contribution in [0.4, 0.5) is 16.3 Å². The van der Waals surface area contributed by atoms with Crippen LogP contribution in [0.15, 0.2) is 29.4 Å². The maximum absolute atomic E-state index is 12.6. The number of anilines is 2. The van der Waals surface area contributed by atoms with Crippen molar-refractivity contribution in [1.29, 1.82) is 0 Å². The van der Waals surface area contributed by atoms with Crippen molar-refractivity contribution in [2.24, 2.45) is 0 Å². The number of sulfone groups is 1. The largest absolute Gasteiger partial charge is 0.472 e. The van der Waals surface area contributed by atoms with Gasteiger partial charge in [-0.05, 0) is 50.8 Å². The fourth-order valence-corrected chi connectivity index (χ4v) is 5.45. The van der Waals surface area contributed by atoms with Crippen LogP contribution >= 0.6 is 11.6 Å². The molecule has 176 valence electrons. The maximum atomic E-state index is 12.6. The Balaban J connectivity index is 1.31. The standard InChI is InChI=1S/C22H25ClN4O5S/c1-12-20(26-17-7-6-15(10-16(17)23)33(2,29)30)24-11-25-21(12)32-19-9-13-3-8-18(19)27(13)22(28)31-14-4-5-14/h6-7,10-11,13-14,18-19H,3-5,8-9H2,1-2H3,(H,24,25,26)/t13?,18?,19-/m0/s1. The Hall–Kier alpha value is -2.59. The Bertz CT molecular complexity index is 1200. The third kappa shape index (κ3) is 4.46. The van der Waals surface area contributed by atoms with Gasteiger partial charge in [0.1, 0.15) is 24.4 Å². The van der Waals surface area contributed by atoms with Gasteiger partial charge in [-0.3, -0.25) is 4.90 Å². The SMILES string of the molecule is Cc1c(Nc2ccc(S(C)(=O)=O)cc2Cl)ncnc1O[C@H]1CC2CCC1N2C(=O)OC1CC1. The fourth-order valence-electron chi connectivity index (χ4n) is 4.51. The number of amides is 1. The monoisotopic (exact) mass is 492 g/mol. The topological polar surface area (TPSA) is 111 Å². The molecule has 3 fully saturated rings. The molecule has 0 spiro atoms. The first-order valence-corrected chi connectivity index (χ1v) is 13.2.